The third kappa shape index (κ3) is 4.97. The van der Waals surface area contributed by atoms with Gasteiger partial charge in [0.25, 0.3) is 0 Å². The van der Waals surface area contributed by atoms with E-state index in [2.05, 4.69) is 21.2 Å². The lowest BCUT2D eigenvalue weighted by Crippen LogP contribution is -2.38. The minimum atomic E-state index is -1.16. The molecule has 0 radical (unpaired) electrons. The van der Waals surface area contributed by atoms with Gasteiger partial charge in [0, 0.05) is 11.0 Å². The first kappa shape index (κ1) is 13.7. The maximum Gasteiger partial charge on any atom is 0.321 e. The van der Waals surface area contributed by atoms with E-state index in [0.717, 1.165) is 10.0 Å². The highest BCUT2D eigenvalue weighted by molar-refractivity contribution is 9.10. The summed E-state index contributed by atoms with van der Waals surface area (Å²) in [7, 11) is 0. The molecule has 0 aromatic heterocycles. The lowest BCUT2D eigenvalue weighted by molar-refractivity contribution is -0.146. The van der Waals surface area contributed by atoms with Crippen molar-refractivity contribution in [2.45, 2.75) is 19.0 Å². The van der Waals surface area contributed by atoms with Crippen LogP contribution in [0.3, 0.4) is 0 Å². The molecule has 0 bridgehead atoms. The fraction of sp³-hybridized carbons (Fsp3) is 0.273. The van der Waals surface area contributed by atoms with Gasteiger partial charge < -0.3 is 10.2 Å². The Bertz CT molecular complexity index is 404. The second-order valence-corrected chi connectivity index (χ2v) is 4.41. The van der Waals surface area contributed by atoms with Crippen molar-refractivity contribution in [3.8, 4) is 0 Å². The Kier molecular flexibility index (Phi) is 5.11. The average molecular weight is 302 g/mol. The zero-order chi connectivity index (χ0) is 12.8. The van der Waals surface area contributed by atoms with Crippen LogP contribution in [0.1, 0.15) is 12.0 Å². The summed E-state index contributed by atoms with van der Waals surface area (Å²) < 4.78 is 0.932. The van der Waals surface area contributed by atoms with Crippen LogP contribution in [0.25, 0.3) is 0 Å². The first-order chi connectivity index (χ1) is 7.99. The molecular formula is C11H12BrNO4. The second-order valence-electron chi connectivity index (χ2n) is 3.50. The SMILES string of the molecule is O=C(O)CC(NCc1ccc(Br)cc1)C(=O)O. The summed E-state index contributed by atoms with van der Waals surface area (Å²) in [5.41, 5.74) is 0.893. The number of rotatable bonds is 6. The van der Waals surface area contributed by atoms with Crippen LogP contribution in [0.4, 0.5) is 0 Å². The van der Waals surface area contributed by atoms with E-state index in [9.17, 15) is 9.59 Å². The van der Waals surface area contributed by atoms with E-state index in [1.54, 1.807) is 0 Å². The number of carboxylic acids is 2. The molecule has 0 aliphatic carbocycles. The van der Waals surface area contributed by atoms with E-state index < -0.39 is 24.4 Å². The Balaban J connectivity index is 2.54. The molecule has 1 atom stereocenters. The van der Waals surface area contributed by atoms with Gasteiger partial charge in [-0.2, -0.15) is 0 Å². The van der Waals surface area contributed by atoms with Crippen molar-refractivity contribution in [2.75, 3.05) is 0 Å². The maximum atomic E-state index is 10.8. The minimum Gasteiger partial charge on any atom is -0.481 e. The van der Waals surface area contributed by atoms with Crippen molar-refractivity contribution in [2.24, 2.45) is 0 Å². The van der Waals surface area contributed by atoms with Crippen molar-refractivity contribution in [3.05, 3.63) is 34.3 Å². The van der Waals surface area contributed by atoms with Crippen LogP contribution in [-0.2, 0) is 16.1 Å². The molecule has 0 fully saturated rings. The van der Waals surface area contributed by atoms with Gasteiger partial charge in [-0.15, -0.1) is 0 Å². The molecule has 0 saturated heterocycles. The van der Waals surface area contributed by atoms with Crippen LogP contribution < -0.4 is 5.32 Å². The number of halogens is 1. The molecule has 0 aliphatic heterocycles. The predicted molar refractivity (Wildman–Crippen MR) is 64.7 cm³/mol. The van der Waals surface area contributed by atoms with E-state index >= 15 is 0 Å². The lowest BCUT2D eigenvalue weighted by Gasteiger charge is -2.12. The zero-order valence-corrected chi connectivity index (χ0v) is 10.5. The van der Waals surface area contributed by atoms with Crippen molar-refractivity contribution in [1.82, 2.24) is 5.32 Å². The Morgan fingerprint density at radius 1 is 1.24 bits per heavy atom. The Morgan fingerprint density at radius 2 is 1.82 bits per heavy atom. The van der Waals surface area contributed by atoms with Gasteiger partial charge in [-0.05, 0) is 17.7 Å². The summed E-state index contributed by atoms with van der Waals surface area (Å²) >= 11 is 3.29. The minimum absolute atomic E-state index is 0.317. The first-order valence-corrected chi connectivity index (χ1v) is 5.71. The van der Waals surface area contributed by atoms with Gasteiger partial charge in [-0.1, -0.05) is 28.1 Å². The number of hydrogen-bond acceptors (Lipinski definition) is 3. The van der Waals surface area contributed by atoms with Crippen LogP contribution in [0.15, 0.2) is 28.7 Å². The van der Waals surface area contributed by atoms with Crippen LogP contribution in [0.2, 0.25) is 0 Å². The molecule has 1 unspecified atom stereocenters. The highest BCUT2D eigenvalue weighted by Gasteiger charge is 2.19. The lowest BCUT2D eigenvalue weighted by atomic mass is 10.1. The van der Waals surface area contributed by atoms with Gasteiger partial charge in [0.15, 0.2) is 0 Å². The summed E-state index contributed by atoms with van der Waals surface area (Å²) in [6.07, 6.45) is -0.439. The molecule has 0 aliphatic rings. The van der Waals surface area contributed by atoms with Gasteiger partial charge >= 0.3 is 11.9 Å². The number of hydrogen-bond donors (Lipinski definition) is 3. The molecule has 0 heterocycles. The maximum absolute atomic E-state index is 10.8. The van der Waals surface area contributed by atoms with Gasteiger partial charge in [-0.25, -0.2) is 0 Å². The quantitative estimate of drug-likeness (QED) is 0.741. The summed E-state index contributed by atoms with van der Waals surface area (Å²) in [5.74, 6) is -2.30. The molecule has 0 saturated carbocycles. The standard InChI is InChI=1S/C11H12BrNO4/c12-8-3-1-7(2-4-8)6-13-9(11(16)17)5-10(14)15/h1-4,9,13H,5-6H2,(H,14,15)(H,16,17). The molecule has 0 amide bonds. The molecule has 5 nitrogen and oxygen atoms in total. The van der Waals surface area contributed by atoms with Gasteiger partial charge in [0.1, 0.15) is 6.04 Å². The normalized spacial score (nSPS) is 12.1. The Labute approximate surface area is 107 Å². The molecule has 17 heavy (non-hydrogen) atoms. The van der Waals surface area contributed by atoms with Crippen molar-refractivity contribution < 1.29 is 19.8 Å². The zero-order valence-electron chi connectivity index (χ0n) is 8.89. The summed E-state index contributed by atoms with van der Waals surface area (Å²) in [6.45, 7) is 0.317. The monoisotopic (exact) mass is 301 g/mol. The van der Waals surface area contributed by atoms with Gasteiger partial charge in [-0.3, -0.25) is 14.9 Å². The van der Waals surface area contributed by atoms with E-state index in [1.807, 2.05) is 24.3 Å². The van der Waals surface area contributed by atoms with E-state index in [-0.39, 0.29) is 0 Å². The van der Waals surface area contributed by atoms with Crippen LogP contribution in [0.5, 0.6) is 0 Å². The highest BCUT2D eigenvalue weighted by atomic mass is 79.9. The van der Waals surface area contributed by atoms with Crippen LogP contribution in [0, 0.1) is 0 Å². The summed E-state index contributed by atoms with van der Waals surface area (Å²) in [6, 6.07) is 6.26. The number of aliphatic carboxylic acids is 2. The number of carbonyl (C=O) groups is 2. The molecule has 1 aromatic carbocycles. The predicted octanol–water partition coefficient (Wildman–Crippen LogP) is 1.47. The fourth-order valence-corrected chi connectivity index (χ4v) is 1.53. The molecule has 1 aromatic rings. The number of carboxylic acid groups (broad SMARTS) is 2. The topological polar surface area (TPSA) is 86.6 Å². The van der Waals surface area contributed by atoms with Crippen molar-refractivity contribution in [3.63, 3.8) is 0 Å². The number of nitrogens with one attached hydrogen (secondary N) is 1. The smallest absolute Gasteiger partial charge is 0.321 e. The highest BCUT2D eigenvalue weighted by Crippen LogP contribution is 2.10. The van der Waals surface area contributed by atoms with Gasteiger partial charge in [0.05, 0.1) is 6.42 Å². The third-order valence-corrected chi connectivity index (χ3v) is 2.67. The van der Waals surface area contributed by atoms with E-state index in [4.69, 9.17) is 10.2 Å². The van der Waals surface area contributed by atoms with Gasteiger partial charge in [0.2, 0.25) is 0 Å². The number of benzene rings is 1. The Hall–Kier alpha value is -1.40. The Morgan fingerprint density at radius 3 is 2.29 bits per heavy atom. The molecule has 92 valence electrons. The summed E-state index contributed by atoms with van der Waals surface area (Å²) in [5, 5.41) is 20.1. The molecular weight excluding hydrogens is 290 g/mol. The average Bonchev–Trinajstić information content (AvgIpc) is 2.25. The molecule has 6 heteroatoms. The second kappa shape index (κ2) is 6.36. The molecule has 1 rings (SSSR count). The molecule has 0 spiro atoms. The van der Waals surface area contributed by atoms with Crippen molar-refractivity contribution in [1.29, 1.82) is 0 Å². The molecule has 3 N–H and O–H groups in total. The fourth-order valence-electron chi connectivity index (χ4n) is 1.26. The third-order valence-electron chi connectivity index (χ3n) is 2.14. The first-order valence-electron chi connectivity index (χ1n) is 4.91. The van der Waals surface area contributed by atoms with Crippen LogP contribution >= 0.6 is 15.9 Å². The van der Waals surface area contributed by atoms with E-state index in [0.29, 0.717) is 6.54 Å². The van der Waals surface area contributed by atoms with Crippen molar-refractivity contribution >= 4 is 27.9 Å². The van der Waals surface area contributed by atoms with Crippen LogP contribution in [-0.4, -0.2) is 28.2 Å². The van der Waals surface area contributed by atoms with E-state index in [1.165, 1.54) is 0 Å². The summed E-state index contributed by atoms with van der Waals surface area (Å²) in [4.78, 5) is 21.2. The largest absolute Gasteiger partial charge is 0.481 e.